The molecule has 1 N–H and O–H groups in total. The van der Waals surface area contributed by atoms with Crippen LogP contribution in [0.3, 0.4) is 0 Å². The van der Waals surface area contributed by atoms with Crippen LogP contribution < -0.4 is 0 Å². The lowest BCUT2D eigenvalue weighted by Gasteiger charge is -2.21. The summed E-state index contributed by atoms with van der Waals surface area (Å²) < 4.78 is 0. The van der Waals surface area contributed by atoms with Gasteiger partial charge in [0.2, 0.25) is 0 Å². The number of unbranched alkanes of at least 4 members (excludes halogenated alkanes) is 3. The molecule has 3 heteroatoms. The molecule has 108 valence electrons. The largest absolute Gasteiger partial charge is 0.478 e. The van der Waals surface area contributed by atoms with Gasteiger partial charge in [-0.1, -0.05) is 46.6 Å². The molecular formula is C15H31NO2. The average molecular weight is 257 g/mol. The summed E-state index contributed by atoms with van der Waals surface area (Å²) in [5.41, 5.74) is 0. The summed E-state index contributed by atoms with van der Waals surface area (Å²) in [6, 6.07) is 0. The topological polar surface area (TPSA) is 40.5 Å². The second kappa shape index (κ2) is 16.2. The molecule has 3 nitrogen and oxygen atoms in total. The minimum atomic E-state index is -0.981. The number of hydrogen-bond acceptors (Lipinski definition) is 2. The summed E-state index contributed by atoms with van der Waals surface area (Å²) in [6.07, 6.45) is 8.92. The molecule has 18 heavy (non-hydrogen) atoms. The third-order valence-electron chi connectivity index (χ3n) is 2.66. The second-order valence-corrected chi connectivity index (χ2v) is 4.44. The zero-order valence-corrected chi connectivity index (χ0v) is 12.5. The number of nitrogens with zero attached hydrogens (tertiary/aromatic N) is 1. The highest BCUT2D eigenvalue weighted by atomic mass is 16.4. The Hall–Kier alpha value is -0.830. The Morgan fingerprint density at radius 2 is 1.28 bits per heavy atom. The molecule has 0 saturated heterocycles. The highest BCUT2D eigenvalue weighted by molar-refractivity contribution is 5.78. The van der Waals surface area contributed by atoms with Crippen molar-refractivity contribution in [2.24, 2.45) is 0 Å². The van der Waals surface area contributed by atoms with Crippen LogP contribution in [0.1, 0.15) is 59.3 Å². The van der Waals surface area contributed by atoms with Crippen molar-refractivity contribution in [1.29, 1.82) is 0 Å². The van der Waals surface area contributed by atoms with Gasteiger partial charge in [-0.2, -0.15) is 0 Å². The minimum Gasteiger partial charge on any atom is -0.478 e. The molecule has 0 spiro atoms. The molecule has 0 aliphatic rings. The predicted octanol–water partition coefficient (Wildman–Crippen LogP) is 3.95. The lowest BCUT2D eigenvalue weighted by atomic mass is 10.2. The second-order valence-electron chi connectivity index (χ2n) is 4.44. The third kappa shape index (κ3) is 17.6. The zero-order chi connectivity index (χ0) is 14.2. The maximum Gasteiger partial charge on any atom is 0.327 e. The molecular weight excluding hydrogens is 226 g/mol. The fraction of sp³-hybridized carbons (Fsp3) is 0.800. The summed E-state index contributed by atoms with van der Waals surface area (Å²) in [7, 11) is 0. The molecule has 0 amide bonds. The van der Waals surface area contributed by atoms with Gasteiger partial charge in [0, 0.05) is 6.08 Å². The van der Waals surface area contributed by atoms with Gasteiger partial charge in [0.15, 0.2) is 0 Å². The molecule has 0 aromatic heterocycles. The predicted molar refractivity (Wildman–Crippen MR) is 79.0 cm³/mol. The number of aliphatic carboxylic acids is 1. The van der Waals surface area contributed by atoms with Crippen molar-refractivity contribution in [2.75, 3.05) is 19.6 Å². The number of carbonyl (C=O) groups is 1. The first-order chi connectivity index (χ1) is 8.62. The fourth-order valence-electron chi connectivity index (χ4n) is 1.48. The molecule has 0 radical (unpaired) electrons. The van der Waals surface area contributed by atoms with Gasteiger partial charge in [-0.25, -0.2) is 4.79 Å². The van der Waals surface area contributed by atoms with Crippen molar-refractivity contribution in [1.82, 2.24) is 4.90 Å². The van der Waals surface area contributed by atoms with Crippen LogP contribution in [0.5, 0.6) is 0 Å². The van der Waals surface area contributed by atoms with Crippen LogP contribution in [0.25, 0.3) is 0 Å². The van der Waals surface area contributed by atoms with E-state index in [1.54, 1.807) is 0 Å². The third-order valence-corrected chi connectivity index (χ3v) is 2.66. The van der Waals surface area contributed by atoms with Crippen LogP contribution in [0.4, 0.5) is 0 Å². The highest BCUT2D eigenvalue weighted by Crippen LogP contribution is 2.01. The molecule has 0 aliphatic heterocycles. The van der Waals surface area contributed by atoms with Crippen LogP contribution in [0, 0.1) is 0 Å². The fourth-order valence-corrected chi connectivity index (χ4v) is 1.48. The van der Waals surface area contributed by atoms with E-state index in [0.29, 0.717) is 0 Å². The summed E-state index contributed by atoms with van der Waals surface area (Å²) in [4.78, 5) is 11.9. The molecule has 0 unspecified atom stereocenters. The van der Waals surface area contributed by atoms with Crippen molar-refractivity contribution in [2.45, 2.75) is 59.3 Å². The first-order valence-electron chi connectivity index (χ1n) is 7.19. The van der Waals surface area contributed by atoms with E-state index in [1.165, 1.54) is 58.2 Å². The van der Waals surface area contributed by atoms with Crippen molar-refractivity contribution >= 4 is 5.97 Å². The average Bonchev–Trinajstić information content (AvgIpc) is 2.38. The Morgan fingerprint density at radius 3 is 1.44 bits per heavy atom. The summed E-state index contributed by atoms with van der Waals surface area (Å²) in [6.45, 7) is 13.7. The molecule has 0 rings (SSSR count). The Labute approximate surface area is 113 Å². The standard InChI is InChI=1S/C12H27N.C3H4O2/c1-4-7-10-13(11-8-5-2)12-9-6-3;1-2-3(4)5/h4-12H2,1-3H3;2H,1H2,(H,4,5). The Balaban J connectivity index is 0. The normalized spacial score (nSPS) is 9.78. The van der Waals surface area contributed by atoms with Crippen molar-refractivity contribution in [3.63, 3.8) is 0 Å². The molecule has 0 aromatic carbocycles. The Bertz CT molecular complexity index is 174. The maximum absolute atomic E-state index is 9.25. The minimum absolute atomic E-state index is 0.833. The van der Waals surface area contributed by atoms with Gasteiger partial charge in [0.25, 0.3) is 0 Å². The highest BCUT2D eigenvalue weighted by Gasteiger charge is 2.01. The van der Waals surface area contributed by atoms with Crippen molar-refractivity contribution in [3.05, 3.63) is 12.7 Å². The lowest BCUT2D eigenvalue weighted by molar-refractivity contribution is -0.131. The van der Waals surface area contributed by atoms with E-state index in [4.69, 9.17) is 5.11 Å². The van der Waals surface area contributed by atoms with Gasteiger partial charge in [0.1, 0.15) is 0 Å². The van der Waals surface area contributed by atoms with E-state index >= 15 is 0 Å². The van der Waals surface area contributed by atoms with Crippen LogP contribution in [0.2, 0.25) is 0 Å². The van der Waals surface area contributed by atoms with Crippen LogP contribution >= 0.6 is 0 Å². The molecule has 0 bridgehead atoms. The molecule has 0 aliphatic carbocycles. The SMILES string of the molecule is C=CC(=O)O.CCCCN(CCCC)CCCC. The van der Waals surface area contributed by atoms with Gasteiger partial charge in [0.05, 0.1) is 0 Å². The first-order valence-corrected chi connectivity index (χ1v) is 7.19. The first kappa shape index (κ1) is 19.5. The van der Waals surface area contributed by atoms with Gasteiger partial charge in [-0.05, 0) is 38.9 Å². The van der Waals surface area contributed by atoms with E-state index in [0.717, 1.165) is 6.08 Å². The molecule has 0 fully saturated rings. The van der Waals surface area contributed by atoms with E-state index < -0.39 is 5.97 Å². The smallest absolute Gasteiger partial charge is 0.327 e. The van der Waals surface area contributed by atoms with Gasteiger partial charge < -0.3 is 10.0 Å². The van der Waals surface area contributed by atoms with Crippen LogP contribution in [0.15, 0.2) is 12.7 Å². The number of hydrogen-bond donors (Lipinski definition) is 1. The van der Waals surface area contributed by atoms with E-state index in [9.17, 15) is 4.79 Å². The maximum atomic E-state index is 9.25. The summed E-state index contributed by atoms with van der Waals surface area (Å²) in [5, 5.41) is 7.60. The lowest BCUT2D eigenvalue weighted by Crippen LogP contribution is -2.27. The van der Waals surface area contributed by atoms with Gasteiger partial charge >= 0.3 is 5.97 Å². The summed E-state index contributed by atoms with van der Waals surface area (Å²) in [5.74, 6) is -0.981. The number of carboxylic acids is 1. The Morgan fingerprint density at radius 1 is 1.00 bits per heavy atom. The van der Waals surface area contributed by atoms with E-state index in [1.807, 2.05) is 0 Å². The van der Waals surface area contributed by atoms with Crippen molar-refractivity contribution < 1.29 is 9.90 Å². The number of rotatable bonds is 10. The van der Waals surface area contributed by atoms with Gasteiger partial charge in [-0.3, -0.25) is 0 Å². The monoisotopic (exact) mass is 257 g/mol. The van der Waals surface area contributed by atoms with E-state index in [2.05, 4.69) is 32.3 Å². The zero-order valence-electron chi connectivity index (χ0n) is 12.5. The molecule has 0 saturated carbocycles. The van der Waals surface area contributed by atoms with Gasteiger partial charge in [-0.15, -0.1) is 0 Å². The van der Waals surface area contributed by atoms with E-state index in [-0.39, 0.29) is 0 Å². The van der Waals surface area contributed by atoms with Crippen molar-refractivity contribution in [3.8, 4) is 0 Å². The molecule has 0 atom stereocenters. The summed E-state index contributed by atoms with van der Waals surface area (Å²) >= 11 is 0. The Kier molecular flexibility index (Phi) is 17.5. The molecule has 0 aromatic rings. The number of carboxylic acid groups (broad SMARTS) is 1. The van der Waals surface area contributed by atoms with Crippen LogP contribution in [-0.4, -0.2) is 35.6 Å². The van der Waals surface area contributed by atoms with Crippen LogP contribution in [-0.2, 0) is 4.79 Å². The molecule has 0 heterocycles. The quantitative estimate of drug-likeness (QED) is 0.602.